The molecule has 28 heavy (non-hydrogen) atoms. The predicted molar refractivity (Wildman–Crippen MR) is 106 cm³/mol. The fourth-order valence-corrected chi connectivity index (χ4v) is 3.50. The number of nitrogens with one attached hydrogen (secondary N) is 1. The van der Waals surface area contributed by atoms with Crippen molar-refractivity contribution in [2.75, 3.05) is 13.2 Å². The van der Waals surface area contributed by atoms with Crippen molar-refractivity contribution in [1.82, 2.24) is 10.3 Å². The van der Waals surface area contributed by atoms with Crippen LogP contribution in [0.25, 0.3) is 17.2 Å². The summed E-state index contributed by atoms with van der Waals surface area (Å²) in [6.45, 7) is 0.515. The first-order valence-corrected chi connectivity index (χ1v) is 9.09. The van der Waals surface area contributed by atoms with Gasteiger partial charge >= 0.3 is 6.09 Å². The first kappa shape index (κ1) is 17.9. The monoisotopic (exact) mass is 374 g/mol. The van der Waals surface area contributed by atoms with Gasteiger partial charge in [0.15, 0.2) is 0 Å². The highest BCUT2D eigenvalue weighted by Gasteiger charge is 2.28. The Balaban J connectivity index is 1.35. The van der Waals surface area contributed by atoms with Crippen LogP contribution in [-0.4, -0.2) is 24.2 Å². The molecule has 140 valence electrons. The molecule has 4 nitrogen and oxygen atoms in total. The summed E-state index contributed by atoms with van der Waals surface area (Å²) in [5.41, 5.74) is 5.14. The molecule has 0 radical (unpaired) electrons. The van der Waals surface area contributed by atoms with E-state index < -0.39 is 11.9 Å². The van der Waals surface area contributed by atoms with E-state index in [0.29, 0.717) is 5.56 Å². The lowest BCUT2D eigenvalue weighted by molar-refractivity contribution is 0.144. The highest BCUT2D eigenvalue weighted by atomic mass is 19.1. The lowest BCUT2D eigenvalue weighted by Gasteiger charge is -2.14. The van der Waals surface area contributed by atoms with Crippen LogP contribution < -0.4 is 5.32 Å². The van der Waals surface area contributed by atoms with Gasteiger partial charge in [-0.05, 0) is 28.3 Å². The second-order valence-electron chi connectivity index (χ2n) is 6.51. The van der Waals surface area contributed by atoms with Crippen LogP contribution in [0.2, 0.25) is 0 Å². The number of amides is 1. The number of benzene rings is 2. The van der Waals surface area contributed by atoms with Crippen LogP contribution in [0.15, 0.2) is 73.1 Å². The van der Waals surface area contributed by atoms with E-state index in [9.17, 15) is 9.18 Å². The molecular weight excluding hydrogens is 355 g/mol. The van der Waals surface area contributed by atoms with E-state index >= 15 is 0 Å². The number of halogens is 1. The molecule has 0 bridgehead atoms. The second kappa shape index (κ2) is 8.05. The molecule has 0 saturated heterocycles. The summed E-state index contributed by atoms with van der Waals surface area (Å²) in [4.78, 5) is 15.7. The molecule has 3 aromatic rings. The standard InChI is InChI=1S/C23H19FN2O2/c24-22-14-25-13-11-16(22)6-5-12-26-23(27)28-15-21-19-9-3-1-7-17(19)18-8-2-4-10-20(18)21/h1-11,13-14,21H,12,15H2,(H,26,27). The maximum atomic E-state index is 13.5. The van der Waals surface area contributed by atoms with Crippen molar-refractivity contribution in [3.05, 3.63) is 95.6 Å². The molecule has 0 fully saturated rings. The van der Waals surface area contributed by atoms with E-state index in [1.54, 1.807) is 18.2 Å². The summed E-state index contributed by atoms with van der Waals surface area (Å²) in [5, 5.41) is 2.66. The Labute approximate surface area is 162 Å². The van der Waals surface area contributed by atoms with E-state index in [0.717, 1.165) is 6.20 Å². The summed E-state index contributed by atoms with van der Waals surface area (Å²) >= 11 is 0. The lowest BCUT2D eigenvalue weighted by atomic mass is 9.98. The third-order valence-electron chi connectivity index (χ3n) is 4.81. The molecule has 0 atom stereocenters. The smallest absolute Gasteiger partial charge is 0.407 e. The average molecular weight is 374 g/mol. The molecule has 1 heterocycles. The molecule has 0 unspecified atom stereocenters. The molecule has 5 heteroatoms. The van der Waals surface area contributed by atoms with Gasteiger partial charge in [-0.25, -0.2) is 9.18 Å². The number of pyridine rings is 1. The lowest BCUT2D eigenvalue weighted by Crippen LogP contribution is -2.26. The van der Waals surface area contributed by atoms with Crippen molar-refractivity contribution in [2.24, 2.45) is 0 Å². The van der Waals surface area contributed by atoms with Gasteiger partial charge in [0.1, 0.15) is 12.4 Å². The van der Waals surface area contributed by atoms with E-state index in [4.69, 9.17) is 4.74 Å². The van der Waals surface area contributed by atoms with Crippen LogP contribution in [0.5, 0.6) is 0 Å². The highest BCUT2D eigenvalue weighted by molar-refractivity contribution is 5.79. The molecule has 0 aliphatic heterocycles. The molecule has 0 spiro atoms. The van der Waals surface area contributed by atoms with E-state index in [1.807, 2.05) is 24.3 Å². The van der Waals surface area contributed by atoms with Gasteiger partial charge in [0.2, 0.25) is 0 Å². The van der Waals surface area contributed by atoms with Gasteiger partial charge in [0.05, 0.1) is 6.20 Å². The van der Waals surface area contributed by atoms with Gasteiger partial charge in [-0.15, -0.1) is 0 Å². The van der Waals surface area contributed by atoms with Crippen molar-refractivity contribution in [1.29, 1.82) is 0 Å². The zero-order valence-electron chi connectivity index (χ0n) is 15.1. The maximum absolute atomic E-state index is 13.5. The number of carbonyl (C=O) groups is 1. The summed E-state index contributed by atoms with van der Waals surface area (Å²) in [7, 11) is 0. The van der Waals surface area contributed by atoms with Crippen molar-refractivity contribution < 1.29 is 13.9 Å². The second-order valence-corrected chi connectivity index (χ2v) is 6.51. The summed E-state index contributed by atoms with van der Waals surface area (Å²) in [6.07, 6.45) is 5.43. The number of aromatic nitrogens is 1. The number of fused-ring (bicyclic) bond motifs is 3. The Morgan fingerprint density at radius 3 is 2.43 bits per heavy atom. The van der Waals surface area contributed by atoms with Crippen LogP contribution >= 0.6 is 0 Å². The quantitative estimate of drug-likeness (QED) is 0.700. The Morgan fingerprint density at radius 1 is 1.07 bits per heavy atom. The third kappa shape index (κ3) is 3.64. The molecular formula is C23H19FN2O2. The van der Waals surface area contributed by atoms with Crippen LogP contribution in [0.3, 0.4) is 0 Å². The summed E-state index contributed by atoms with van der Waals surface area (Å²) < 4.78 is 18.9. The van der Waals surface area contributed by atoms with Gasteiger partial charge < -0.3 is 10.1 Å². The molecule has 4 rings (SSSR count). The molecule has 1 amide bonds. The van der Waals surface area contributed by atoms with E-state index in [1.165, 1.54) is 28.5 Å². The Kier molecular flexibility index (Phi) is 5.15. The van der Waals surface area contributed by atoms with Gasteiger partial charge in [-0.3, -0.25) is 4.98 Å². The Hall–Kier alpha value is -3.47. The Bertz CT molecular complexity index is 987. The number of alkyl carbamates (subject to hydrolysis) is 1. The van der Waals surface area contributed by atoms with Crippen molar-refractivity contribution in [2.45, 2.75) is 5.92 Å². The number of rotatable bonds is 5. The van der Waals surface area contributed by atoms with Crippen LogP contribution in [0, 0.1) is 5.82 Å². The summed E-state index contributed by atoms with van der Waals surface area (Å²) in [5.74, 6) is -0.375. The van der Waals surface area contributed by atoms with Crippen molar-refractivity contribution in [3.63, 3.8) is 0 Å². The van der Waals surface area contributed by atoms with Gasteiger partial charge in [-0.1, -0.05) is 60.7 Å². The van der Waals surface area contributed by atoms with Crippen molar-refractivity contribution >= 4 is 12.2 Å². The number of carbonyl (C=O) groups excluding carboxylic acids is 1. The average Bonchev–Trinajstić information content (AvgIpc) is 3.05. The van der Waals surface area contributed by atoms with E-state index in [2.05, 4.69) is 34.6 Å². The zero-order valence-corrected chi connectivity index (χ0v) is 15.1. The van der Waals surface area contributed by atoms with E-state index in [-0.39, 0.29) is 19.1 Å². The minimum absolute atomic E-state index is 0.0274. The molecule has 1 aliphatic carbocycles. The fraction of sp³-hybridized carbons (Fsp3) is 0.130. The van der Waals surface area contributed by atoms with Crippen LogP contribution in [0.4, 0.5) is 9.18 Å². The van der Waals surface area contributed by atoms with Crippen LogP contribution in [0.1, 0.15) is 22.6 Å². The molecule has 1 N–H and O–H groups in total. The normalized spacial score (nSPS) is 12.6. The number of hydrogen-bond acceptors (Lipinski definition) is 3. The fourth-order valence-electron chi connectivity index (χ4n) is 3.50. The highest BCUT2D eigenvalue weighted by Crippen LogP contribution is 2.44. The third-order valence-corrected chi connectivity index (χ3v) is 4.81. The number of ether oxygens (including phenoxy) is 1. The first-order chi connectivity index (χ1) is 13.7. The van der Waals surface area contributed by atoms with Crippen molar-refractivity contribution in [3.8, 4) is 11.1 Å². The molecule has 0 saturated carbocycles. The first-order valence-electron chi connectivity index (χ1n) is 9.09. The summed E-state index contributed by atoms with van der Waals surface area (Å²) in [6, 6.07) is 17.9. The minimum atomic E-state index is -0.498. The zero-order chi connectivity index (χ0) is 19.3. The SMILES string of the molecule is O=C(NCC=Cc1ccncc1F)OCC1c2ccccc2-c2ccccc21. The minimum Gasteiger partial charge on any atom is -0.449 e. The van der Waals surface area contributed by atoms with Gasteiger partial charge in [0, 0.05) is 24.2 Å². The molecule has 2 aromatic carbocycles. The number of hydrogen-bond donors (Lipinski definition) is 1. The van der Waals surface area contributed by atoms with Crippen LogP contribution in [-0.2, 0) is 4.74 Å². The largest absolute Gasteiger partial charge is 0.449 e. The van der Waals surface area contributed by atoms with Gasteiger partial charge in [0.25, 0.3) is 0 Å². The predicted octanol–water partition coefficient (Wildman–Crippen LogP) is 4.77. The molecule has 1 aromatic heterocycles. The van der Waals surface area contributed by atoms with Gasteiger partial charge in [-0.2, -0.15) is 0 Å². The number of nitrogens with zero attached hydrogens (tertiary/aromatic N) is 1. The topological polar surface area (TPSA) is 51.2 Å². The molecule has 1 aliphatic rings. The maximum Gasteiger partial charge on any atom is 0.407 e. The Morgan fingerprint density at radius 2 is 1.75 bits per heavy atom.